The van der Waals surface area contributed by atoms with E-state index in [1.165, 1.54) is 7.11 Å². The van der Waals surface area contributed by atoms with Crippen molar-refractivity contribution < 1.29 is 14.6 Å². The molecule has 0 radical (unpaired) electrons. The van der Waals surface area contributed by atoms with Crippen LogP contribution in [-0.2, 0) is 0 Å². The molecule has 0 heterocycles. The van der Waals surface area contributed by atoms with Gasteiger partial charge < -0.3 is 14.7 Å². The van der Waals surface area contributed by atoms with E-state index in [4.69, 9.17) is 21.4 Å². The summed E-state index contributed by atoms with van der Waals surface area (Å²) >= 11 is 8.11. The second kappa shape index (κ2) is 7.16. The lowest BCUT2D eigenvalue weighted by molar-refractivity contribution is 0.0728. The topological polar surface area (TPSA) is 49.8 Å². The predicted octanol–water partition coefficient (Wildman–Crippen LogP) is 2.41. The number of rotatable bonds is 5. The van der Waals surface area contributed by atoms with Crippen molar-refractivity contribution in [2.75, 3.05) is 26.8 Å². The van der Waals surface area contributed by atoms with Gasteiger partial charge in [-0.15, -0.1) is 0 Å². The Morgan fingerprint density at radius 3 is 2.72 bits per heavy atom. The van der Waals surface area contributed by atoms with Crippen molar-refractivity contribution >= 4 is 40.1 Å². The summed E-state index contributed by atoms with van der Waals surface area (Å²) in [5.74, 6) is 0.298. The molecule has 1 aromatic rings. The molecule has 100 valence electrons. The average Bonchev–Trinajstić information content (AvgIpc) is 2.37. The van der Waals surface area contributed by atoms with Gasteiger partial charge in [0.25, 0.3) is 5.91 Å². The first-order chi connectivity index (χ1) is 8.54. The number of carbonyl (C=O) groups is 1. The first kappa shape index (κ1) is 15.5. The Labute approximate surface area is 125 Å². The fourth-order valence-electron chi connectivity index (χ4n) is 1.56. The van der Waals surface area contributed by atoms with Crippen LogP contribution in [0.2, 0.25) is 5.02 Å². The number of nitrogens with zero attached hydrogens (tertiary/aromatic N) is 1. The standard InChI is InChI=1S/C12H15ClINO3/c1-3-15(4-5-16)12(17)8-6-9(13)10(14)7-11(8)18-2/h6-7,16H,3-5H2,1-2H3. The van der Waals surface area contributed by atoms with Gasteiger partial charge in [0.05, 0.1) is 24.3 Å². The number of aliphatic hydroxyl groups is 1. The minimum Gasteiger partial charge on any atom is -0.496 e. The fourth-order valence-corrected chi connectivity index (χ4v) is 2.16. The molecule has 6 heteroatoms. The van der Waals surface area contributed by atoms with Gasteiger partial charge in [0.15, 0.2) is 0 Å². The van der Waals surface area contributed by atoms with E-state index in [-0.39, 0.29) is 12.5 Å². The van der Waals surface area contributed by atoms with Crippen LogP contribution in [0.5, 0.6) is 5.75 Å². The van der Waals surface area contributed by atoms with E-state index in [1.807, 2.05) is 6.92 Å². The van der Waals surface area contributed by atoms with Gasteiger partial charge in [0, 0.05) is 16.7 Å². The number of aliphatic hydroxyl groups excluding tert-OH is 1. The van der Waals surface area contributed by atoms with Gasteiger partial charge >= 0.3 is 0 Å². The highest BCUT2D eigenvalue weighted by Gasteiger charge is 2.19. The number of benzene rings is 1. The minimum absolute atomic E-state index is 0.0694. The molecule has 0 atom stereocenters. The maximum Gasteiger partial charge on any atom is 0.257 e. The van der Waals surface area contributed by atoms with Crippen molar-refractivity contribution in [3.63, 3.8) is 0 Å². The maximum absolute atomic E-state index is 12.3. The molecule has 0 aliphatic heterocycles. The summed E-state index contributed by atoms with van der Waals surface area (Å²) in [6.45, 7) is 2.60. The summed E-state index contributed by atoms with van der Waals surface area (Å²) < 4.78 is 6.03. The number of hydrogen-bond acceptors (Lipinski definition) is 3. The van der Waals surface area contributed by atoms with Crippen LogP contribution in [0, 0.1) is 3.57 Å². The lowest BCUT2D eigenvalue weighted by Gasteiger charge is -2.21. The Balaban J connectivity index is 3.14. The molecule has 1 amide bonds. The molecule has 0 aromatic heterocycles. The van der Waals surface area contributed by atoms with Crippen LogP contribution in [-0.4, -0.2) is 42.7 Å². The van der Waals surface area contributed by atoms with Gasteiger partial charge in [0.1, 0.15) is 5.75 Å². The third-order valence-electron chi connectivity index (χ3n) is 2.51. The quantitative estimate of drug-likeness (QED) is 0.795. The number of methoxy groups -OCH3 is 1. The van der Waals surface area contributed by atoms with Gasteiger partial charge in [0.2, 0.25) is 0 Å². The summed E-state index contributed by atoms with van der Waals surface area (Å²) in [6, 6.07) is 3.33. The summed E-state index contributed by atoms with van der Waals surface area (Å²) in [7, 11) is 1.51. The molecule has 0 saturated carbocycles. The molecule has 1 rings (SSSR count). The van der Waals surface area contributed by atoms with Crippen molar-refractivity contribution in [2.45, 2.75) is 6.92 Å². The van der Waals surface area contributed by atoms with Crippen LogP contribution < -0.4 is 4.74 Å². The van der Waals surface area contributed by atoms with Gasteiger partial charge in [-0.3, -0.25) is 4.79 Å². The monoisotopic (exact) mass is 383 g/mol. The van der Waals surface area contributed by atoms with Crippen LogP contribution >= 0.6 is 34.2 Å². The second-order valence-electron chi connectivity index (χ2n) is 3.58. The summed E-state index contributed by atoms with van der Waals surface area (Å²) in [6.07, 6.45) is 0. The third-order valence-corrected chi connectivity index (χ3v) is 4.04. The van der Waals surface area contributed by atoms with Gasteiger partial charge in [-0.05, 0) is 41.6 Å². The molecule has 0 fully saturated rings. The van der Waals surface area contributed by atoms with Gasteiger partial charge in [-0.2, -0.15) is 0 Å². The lowest BCUT2D eigenvalue weighted by Crippen LogP contribution is -2.33. The lowest BCUT2D eigenvalue weighted by atomic mass is 10.1. The molecule has 0 aliphatic rings. The van der Waals surface area contributed by atoms with Crippen molar-refractivity contribution in [3.05, 3.63) is 26.3 Å². The van der Waals surface area contributed by atoms with Crippen LogP contribution in [0.4, 0.5) is 0 Å². The molecule has 0 saturated heterocycles. The number of ether oxygens (including phenoxy) is 1. The van der Waals surface area contributed by atoms with E-state index in [0.717, 1.165) is 3.57 Å². The van der Waals surface area contributed by atoms with Crippen LogP contribution in [0.1, 0.15) is 17.3 Å². The number of likely N-dealkylation sites (N-methyl/N-ethyl adjacent to an activating group) is 1. The van der Waals surface area contributed by atoms with Crippen LogP contribution in [0.25, 0.3) is 0 Å². The molecule has 0 unspecified atom stereocenters. The number of carbonyl (C=O) groups excluding carboxylic acids is 1. The SMILES string of the molecule is CCN(CCO)C(=O)c1cc(Cl)c(I)cc1OC. The Hall–Kier alpha value is -0.530. The Kier molecular flexibility index (Phi) is 6.17. The predicted molar refractivity (Wildman–Crippen MR) is 79.4 cm³/mol. The van der Waals surface area contributed by atoms with E-state index in [0.29, 0.717) is 29.4 Å². The van der Waals surface area contributed by atoms with E-state index in [1.54, 1.807) is 17.0 Å². The molecule has 1 N–H and O–H groups in total. The van der Waals surface area contributed by atoms with Crippen molar-refractivity contribution in [1.82, 2.24) is 4.90 Å². The second-order valence-corrected chi connectivity index (χ2v) is 5.14. The molecular weight excluding hydrogens is 368 g/mol. The van der Waals surface area contributed by atoms with Crippen LogP contribution in [0.15, 0.2) is 12.1 Å². The maximum atomic E-state index is 12.3. The highest BCUT2D eigenvalue weighted by atomic mass is 127. The summed E-state index contributed by atoms with van der Waals surface area (Å²) in [4.78, 5) is 13.8. The molecule has 1 aromatic carbocycles. The fraction of sp³-hybridized carbons (Fsp3) is 0.417. The van der Waals surface area contributed by atoms with Crippen molar-refractivity contribution in [1.29, 1.82) is 0 Å². The number of halogens is 2. The summed E-state index contributed by atoms with van der Waals surface area (Å²) in [5.41, 5.74) is 0.415. The molecule has 0 spiro atoms. The van der Waals surface area contributed by atoms with Gasteiger partial charge in [-0.25, -0.2) is 0 Å². The highest BCUT2D eigenvalue weighted by molar-refractivity contribution is 14.1. The highest BCUT2D eigenvalue weighted by Crippen LogP contribution is 2.29. The Morgan fingerprint density at radius 2 is 2.22 bits per heavy atom. The van der Waals surface area contributed by atoms with Crippen molar-refractivity contribution in [3.8, 4) is 5.75 Å². The van der Waals surface area contributed by atoms with Crippen molar-refractivity contribution in [2.24, 2.45) is 0 Å². The molecular formula is C12H15ClINO3. The zero-order chi connectivity index (χ0) is 13.7. The minimum atomic E-state index is -0.193. The zero-order valence-corrected chi connectivity index (χ0v) is 13.2. The van der Waals surface area contributed by atoms with E-state index in [9.17, 15) is 4.79 Å². The first-order valence-corrected chi connectivity index (χ1v) is 6.94. The Morgan fingerprint density at radius 1 is 1.56 bits per heavy atom. The normalized spacial score (nSPS) is 10.3. The van der Waals surface area contributed by atoms with Gasteiger partial charge in [-0.1, -0.05) is 11.6 Å². The third kappa shape index (κ3) is 3.49. The largest absolute Gasteiger partial charge is 0.496 e. The number of hydrogen-bond donors (Lipinski definition) is 1. The molecule has 0 aliphatic carbocycles. The number of amides is 1. The first-order valence-electron chi connectivity index (χ1n) is 5.48. The molecule has 18 heavy (non-hydrogen) atoms. The van der Waals surface area contributed by atoms with E-state index >= 15 is 0 Å². The molecule has 0 bridgehead atoms. The van der Waals surface area contributed by atoms with E-state index < -0.39 is 0 Å². The van der Waals surface area contributed by atoms with E-state index in [2.05, 4.69) is 22.6 Å². The summed E-state index contributed by atoms with van der Waals surface area (Å²) in [5, 5.41) is 9.45. The smallest absolute Gasteiger partial charge is 0.257 e. The zero-order valence-electron chi connectivity index (χ0n) is 10.2. The average molecular weight is 384 g/mol. The van der Waals surface area contributed by atoms with Crippen LogP contribution in [0.3, 0.4) is 0 Å². The Bertz CT molecular complexity index is 440. The molecule has 4 nitrogen and oxygen atoms in total.